The van der Waals surface area contributed by atoms with E-state index < -0.39 is 0 Å². The Balaban J connectivity index is 1.69. The number of benzene rings is 2. The van der Waals surface area contributed by atoms with Crippen molar-refractivity contribution >= 4 is 17.6 Å². The number of allylic oxidation sites excluding steroid dienone is 4. The van der Waals surface area contributed by atoms with Crippen LogP contribution in [0.3, 0.4) is 0 Å². The highest BCUT2D eigenvalue weighted by Gasteiger charge is 2.33. The van der Waals surface area contributed by atoms with Crippen LogP contribution in [0.2, 0.25) is 0 Å². The molecule has 5 rings (SSSR count). The van der Waals surface area contributed by atoms with Gasteiger partial charge in [0.25, 0.3) is 5.91 Å². The monoisotopic (exact) mass is 526 g/mol. The predicted octanol–water partition coefficient (Wildman–Crippen LogP) is 7.76. The molecule has 202 valence electrons. The first-order chi connectivity index (χ1) is 18.9. The second-order valence-corrected chi connectivity index (χ2v) is 10.6. The minimum atomic E-state index is -0.306. The van der Waals surface area contributed by atoms with E-state index in [0.29, 0.717) is 24.9 Å². The fourth-order valence-corrected chi connectivity index (χ4v) is 5.77. The lowest BCUT2D eigenvalue weighted by molar-refractivity contribution is -0.154. The molecule has 0 bridgehead atoms. The van der Waals surface area contributed by atoms with Crippen molar-refractivity contribution in [1.29, 1.82) is 0 Å². The van der Waals surface area contributed by atoms with Gasteiger partial charge in [0.1, 0.15) is 11.9 Å². The Morgan fingerprint density at radius 2 is 1.87 bits per heavy atom. The minimum absolute atomic E-state index is 0.0159. The number of halogens is 1. The molecule has 39 heavy (non-hydrogen) atoms. The van der Waals surface area contributed by atoms with Gasteiger partial charge in [-0.2, -0.15) is 0 Å². The van der Waals surface area contributed by atoms with Gasteiger partial charge in [-0.25, -0.2) is 4.39 Å². The molecular formula is C33H35FN2O3. The number of cyclic esters (lactones) is 1. The van der Waals surface area contributed by atoms with Crippen LogP contribution >= 0.6 is 0 Å². The Hall–Kier alpha value is -3.93. The first-order valence-electron chi connectivity index (χ1n) is 13.8. The van der Waals surface area contributed by atoms with Crippen molar-refractivity contribution in [2.75, 3.05) is 5.32 Å². The van der Waals surface area contributed by atoms with Crippen molar-refractivity contribution in [3.05, 3.63) is 102 Å². The molecule has 3 aromatic rings. The summed E-state index contributed by atoms with van der Waals surface area (Å²) in [5.41, 5.74) is 5.05. The molecule has 2 unspecified atom stereocenters. The van der Waals surface area contributed by atoms with Crippen LogP contribution in [0.1, 0.15) is 79.4 Å². The number of para-hydroxylation sites is 1. The maximum absolute atomic E-state index is 14.1. The van der Waals surface area contributed by atoms with E-state index in [0.717, 1.165) is 47.5 Å². The minimum Gasteiger partial charge on any atom is -0.462 e. The molecule has 1 amide bonds. The van der Waals surface area contributed by atoms with Crippen molar-refractivity contribution in [3.63, 3.8) is 0 Å². The Labute approximate surface area is 229 Å². The van der Waals surface area contributed by atoms with Crippen LogP contribution in [-0.4, -0.2) is 22.5 Å². The van der Waals surface area contributed by atoms with Crippen LogP contribution < -0.4 is 5.32 Å². The van der Waals surface area contributed by atoms with Crippen LogP contribution in [0.4, 0.5) is 10.1 Å². The molecule has 2 aliphatic rings. The average Bonchev–Trinajstić information content (AvgIpc) is 3.29. The third-order valence-corrected chi connectivity index (χ3v) is 7.50. The number of anilines is 1. The zero-order valence-electron chi connectivity index (χ0n) is 22.5. The molecule has 1 N–H and O–H groups in total. The molecule has 5 nitrogen and oxygen atoms in total. The fourth-order valence-electron chi connectivity index (χ4n) is 5.77. The van der Waals surface area contributed by atoms with Crippen molar-refractivity contribution in [2.24, 2.45) is 0 Å². The molecule has 1 aromatic heterocycles. The van der Waals surface area contributed by atoms with Crippen molar-refractivity contribution in [2.45, 2.75) is 70.4 Å². The maximum Gasteiger partial charge on any atom is 0.306 e. The summed E-state index contributed by atoms with van der Waals surface area (Å²) in [7, 11) is 0. The summed E-state index contributed by atoms with van der Waals surface area (Å²) in [4.78, 5) is 26.1. The molecule has 0 saturated carbocycles. The molecular weight excluding hydrogens is 491 g/mol. The van der Waals surface area contributed by atoms with E-state index in [1.165, 1.54) is 12.1 Å². The first-order valence-corrected chi connectivity index (χ1v) is 13.8. The lowest BCUT2D eigenvalue weighted by Gasteiger charge is -2.24. The van der Waals surface area contributed by atoms with E-state index in [9.17, 15) is 14.0 Å². The number of ether oxygens (including phenoxy) is 1. The smallest absolute Gasteiger partial charge is 0.306 e. The lowest BCUT2D eigenvalue weighted by Crippen LogP contribution is -2.25. The number of hydrogen-bond donors (Lipinski definition) is 1. The largest absolute Gasteiger partial charge is 0.462 e. The second kappa shape index (κ2) is 11.9. The quantitative estimate of drug-likeness (QED) is 0.305. The number of aromatic nitrogens is 1. The van der Waals surface area contributed by atoms with E-state index in [1.54, 1.807) is 12.1 Å². The van der Waals surface area contributed by atoms with Gasteiger partial charge in [0.05, 0.1) is 11.3 Å². The highest BCUT2D eigenvalue weighted by Crippen LogP contribution is 2.43. The standard InChI is InChI=1S/C33H35FN2O3/c1-22(2)31-30(33(38)35-26-12-7-4-8-13-26)29(23-10-5-3-6-11-23)32(24-16-18-25(34)19-17-24)36(31)21-20-27-14-9-15-28(37)39-27/h3-8,10,12-13,16-19,22-23,27H,9,11,14-15,20-21H2,1-2H3,(H,35,38). The van der Waals surface area contributed by atoms with E-state index in [2.05, 4.69) is 35.9 Å². The van der Waals surface area contributed by atoms with Gasteiger partial charge in [0.2, 0.25) is 0 Å². The number of hydrogen-bond acceptors (Lipinski definition) is 3. The van der Waals surface area contributed by atoms with Gasteiger partial charge in [-0.3, -0.25) is 9.59 Å². The molecule has 0 radical (unpaired) electrons. The van der Waals surface area contributed by atoms with Crippen molar-refractivity contribution in [1.82, 2.24) is 4.57 Å². The summed E-state index contributed by atoms with van der Waals surface area (Å²) in [6.45, 7) is 4.78. The third-order valence-electron chi connectivity index (χ3n) is 7.50. The number of amides is 1. The maximum atomic E-state index is 14.1. The number of nitrogens with one attached hydrogen (secondary N) is 1. The number of carbonyl (C=O) groups excluding carboxylic acids is 2. The van der Waals surface area contributed by atoms with Crippen LogP contribution in [0.25, 0.3) is 11.3 Å². The molecule has 1 saturated heterocycles. The topological polar surface area (TPSA) is 60.3 Å². The van der Waals surface area contributed by atoms with E-state index in [4.69, 9.17) is 4.74 Å². The molecule has 1 aliphatic carbocycles. The summed E-state index contributed by atoms with van der Waals surface area (Å²) in [5.74, 6) is -0.595. The summed E-state index contributed by atoms with van der Waals surface area (Å²) in [6, 6.07) is 16.0. The van der Waals surface area contributed by atoms with Crippen molar-refractivity contribution in [3.8, 4) is 11.3 Å². The normalized spacial score (nSPS) is 18.8. The first kappa shape index (κ1) is 26.7. The number of nitrogens with zero attached hydrogens (tertiary/aromatic N) is 1. The average molecular weight is 527 g/mol. The van der Waals surface area contributed by atoms with E-state index >= 15 is 0 Å². The highest BCUT2D eigenvalue weighted by molar-refractivity contribution is 6.08. The Morgan fingerprint density at radius 3 is 2.54 bits per heavy atom. The summed E-state index contributed by atoms with van der Waals surface area (Å²) < 4.78 is 21.9. The Bertz CT molecular complexity index is 1390. The van der Waals surface area contributed by atoms with Gasteiger partial charge in [-0.15, -0.1) is 0 Å². The fraction of sp³-hybridized carbons (Fsp3) is 0.333. The number of rotatable bonds is 8. The zero-order chi connectivity index (χ0) is 27.4. The molecule has 0 spiro atoms. The van der Waals surface area contributed by atoms with Gasteiger partial charge >= 0.3 is 5.97 Å². The second-order valence-electron chi connectivity index (χ2n) is 10.6. The van der Waals surface area contributed by atoms with Crippen LogP contribution in [0, 0.1) is 5.82 Å². The summed E-state index contributed by atoms with van der Waals surface area (Å²) in [6.07, 6.45) is 11.7. The summed E-state index contributed by atoms with van der Waals surface area (Å²) in [5, 5.41) is 3.12. The predicted molar refractivity (Wildman–Crippen MR) is 152 cm³/mol. The molecule has 2 heterocycles. The van der Waals surface area contributed by atoms with Gasteiger partial charge in [-0.05, 0) is 72.7 Å². The van der Waals surface area contributed by atoms with Gasteiger partial charge in [0.15, 0.2) is 0 Å². The van der Waals surface area contributed by atoms with Gasteiger partial charge in [0, 0.05) is 36.7 Å². The molecule has 1 aliphatic heterocycles. The highest BCUT2D eigenvalue weighted by atomic mass is 19.1. The van der Waals surface area contributed by atoms with E-state index in [-0.39, 0.29) is 35.6 Å². The number of esters is 1. The van der Waals surface area contributed by atoms with E-state index in [1.807, 2.05) is 42.5 Å². The molecule has 2 atom stereocenters. The van der Waals surface area contributed by atoms with Crippen molar-refractivity contribution < 1.29 is 18.7 Å². The van der Waals surface area contributed by atoms with Crippen LogP contribution in [0.5, 0.6) is 0 Å². The molecule has 1 fully saturated rings. The molecule has 2 aromatic carbocycles. The lowest BCUT2D eigenvalue weighted by atomic mass is 9.86. The van der Waals surface area contributed by atoms with Crippen LogP contribution in [-0.2, 0) is 16.1 Å². The molecule has 6 heteroatoms. The van der Waals surface area contributed by atoms with Gasteiger partial charge < -0.3 is 14.6 Å². The van der Waals surface area contributed by atoms with Gasteiger partial charge in [-0.1, -0.05) is 56.4 Å². The van der Waals surface area contributed by atoms with Crippen LogP contribution in [0.15, 0.2) is 78.9 Å². The summed E-state index contributed by atoms with van der Waals surface area (Å²) >= 11 is 0. The zero-order valence-corrected chi connectivity index (χ0v) is 22.5. The SMILES string of the molecule is CC(C)c1c(C(=O)Nc2ccccc2)c(C2C=CC=CC2)c(-c2ccc(F)cc2)n1CCC1CCCC(=O)O1. The number of carbonyl (C=O) groups is 2. The third kappa shape index (κ3) is 5.90. The Kier molecular flexibility index (Phi) is 8.10. The Morgan fingerprint density at radius 1 is 1.10 bits per heavy atom.